The average Bonchev–Trinajstić information content (AvgIpc) is 2.60. The number of carbonyl (C=O) groups excluding carboxylic acids is 1. The van der Waals surface area contributed by atoms with Gasteiger partial charge in [0.2, 0.25) is 0 Å². The molecule has 0 aromatic rings. The summed E-state index contributed by atoms with van der Waals surface area (Å²) in [5, 5.41) is 2.98. The van der Waals surface area contributed by atoms with Crippen molar-refractivity contribution in [2.45, 2.75) is 18.6 Å². The standard InChI is InChI=1S/C8H14F3N3O/c9-8(10,11)7(15)14-4-1-6(5-14)13-3-2-12/h6,13H,1-5,12H2. The highest BCUT2D eigenvalue weighted by Crippen LogP contribution is 2.21. The summed E-state index contributed by atoms with van der Waals surface area (Å²) in [7, 11) is 0. The van der Waals surface area contributed by atoms with Gasteiger partial charge < -0.3 is 16.0 Å². The molecular weight excluding hydrogens is 211 g/mol. The van der Waals surface area contributed by atoms with Crippen molar-refractivity contribution in [2.24, 2.45) is 5.73 Å². The van der Waals surface area contributed by atoms with Gasteiger partial charge in [-0.05, 0) is 6.42 Å². The Labute approximate surface area is 85.6 Å². The number of likely N-dealkylation sites (tertiary alicyclic amines) is 1. The third-order valence-electron chi connectivity index (χ3n) is 2.30. The molecule has 15 heavy (non-hydrogen) atoms. The summed E-state index contributed by atoms with van der Waals surface area (Å²) in [5.41, 5.74) is 5.25. The van der Waals surface area contributed by atoms with Crippen molar-refractivity contribution in [1.82, 2.24) is 10.2 Å². The summed E-state index contributed by atoms with van der Waals surface area (Å²) < 4.78 is 36.1. The molecule has 1 amide bonds. The van der Waals surface area contributed by atoms with Gasteiger partial charge in [-0.1, -0.05) is 0 Å². The molecule has 1 heterocycles. The lowest BCUT2D eigenvalue weighted by Gasteiger charge is -2.18. The molecule has 0 radical (unpaired) electrons. The molecule has 1 rings (SSSR count). The van der Waals surface area contributed by atoms with Crippen LogP contribution in [0.4, 0.5) is 13.2 Å². The number of nitrogens with zero attached hydrogens (tertiary/aromatic N) is 1. The predicted molar refractivity (Wildman–Crippen MR) is 48.1 cm³/mol. The molecule has 1 aliphatic rings. The molecule has 0 aromatic heterocycles. The van der Waals surface area contributed by atoms with Gasteiger partial charge in [-0.3, -0.25) is 4.79 Å². The van der Waals surface area contributed by atoms with Crippen LogP contribution in [0.1, 0.15) is 6.42 Å². The van der Waals surface area contributed by atoms with E-state index in [1.54, 1.807) is 0 Å². The average molecular weight is 225 g/mol. The lowest BCUT2D eigenvalue weighted by molar-refractivity contribution is -0.184. The molecule has 0 aliphatic carbocycles. The summed E-state index contributed by atoms with van der Waals surface area (Å²) in [6.07, 6.45) is -4.22. The van der Waals surface area contributed by atoms with Crippen LogP contribution in [-0.2, 0) is 4.79 Å². The zero-order chi connectivity index (χ0) is 11.5. The molecule has 1 atom stereocenters. The molecule has 0 aromatic carbocycles. The Bertz CT molecular complexity index is 232. The monoisotopic (exact) mass is 225 g/mol. The van der Waals surface area contributed by atoms with Crippen LogP contribution in [0.3, 0.4) is 0 Å². The van der Waals surface area contributed by atoms with Gasteiger partial charge in [0.1, 0.15) is 0 Å². The Morgan fingerprint density at radius 1 is 1.53 bits per heavy atom. The Morgan fingerprint density at radius 3 is 2.73 bits per heavy atom. The summed E-state index contributed by atoms with van der Waals surface area (Å²) in [4.78, 5) is 11.7. The molecule has 1 aliphatic heterocycles. The molecule has 0 bridgehead atoms. The molecule has 88 valence electrons. The van der Waals surface area contributed by atoms with Crippen LogP contribution >= 0.6 is 0 Å². The van der Waals surface area contributed by atoms with E-state index in [0.29, 0.717) is 19.5 Å². The minimum absolute atomic E-state index is 0.0696. The fourth-order valence-electron chi connectivity index (χ4n) is 1.58. The first-order chi connectivity index (χ1) is 6.95. The number of amides is 1. The molecule has 1 unspecified atom stereocenters. The van der Waals surface area contributed by atoms with E-state index in [1.165, 1.54) is 0 Å². The molecule has 0 saturated carbocycles. The van der Waals surface area contributed by atoms with E-state index in [9.17, 15) is 18.0 Å². The third kappa shape index (κ3) is 3.35. The van der Waals surface area contributed by atoms with E-state index < -0.39 is 12.1 Å². The first kappa shape index (κ1) is 12.3. The second-order valence-corrected chi connectivity index (χ2v) is 3.48. The normalized spacial score (nSPS) is 22.1. The number of hydrogen-bond acceptors (Lipinski definition) is 3. The fourth-order valence-corrected chi connectivity index (χ4v) is 1.58. The van der Waals surface area contributed by atoms with Crippen molar-refractivity contribution < 1.29 is 18.0 Å². The minimum Gasteiger partial charge on any atom is -0.333 e. The quantitative estimate of drug-likeness (QED) is 0.693. The first-order valence-corrected chi connectivity index (χ1v) is 4.74. The van der Waals surface area contributed by atoms with Crippen LogP contribution < -0.4 is 11.1 Å². The van der Waals surface area contributed by atoms with Crippen LogP contribution in [0.15, 0.2) is 0 Å². The van der Waals surface area contributed by atoms with E-state index in [2.05, 4.69) is 5.32 Å². The molecule has 1 saturated heterocycles. The lowest BCUT2D eigenvalue weighted by Crippen LogP contribution is -2.42. The summed E-state index contributed by atoms with van der Waals surface area (Å²) in [6, 6.07) is -0.0696. The summed E-state index contributed by atoms with van der Waals surface area (Å²) in [6.45, 7) is 1.25. The third-order valence-corrected chi connectivity index (χ3v) is 2.30. The van der Waals surface area contributed by atoms with E-state index in [0.717, 1.165) is 4.90 Å². The molecule has 3 N–H and O–H groups in total. The maximum Gasteiger partial charge on any atom is 0.471 e. The number of nitrogens with two attached hydrogens (primary N) is 1. The number of halogens is 3. The smallest absolute Gasteiger partial charge is 0.333 e. The summed E-state index contributed by atoms with van der Waals surface area (Å²) in [5.74, 6) is -1.75. The second kappa shape index (κ2) is 4.80. The Kier molecular flexibility index (Phi) is 3.92. The van der Waals surface area contributed by atoms with Crippen molar-refractivity contribution in [1.29, 1.82) is 0 Å². The van der Waals surface area contributed by atoms with Crippen LogP contribution in [0, 0.1) is 0 Å². The minimum atomic E-state index is -4.76. The van der Waals surface area contributed by atoms with Crippen molar-refractivity contribution in [3.63, 3.8) is 0 Å². The maximum atomic E-state index is 12.0. The number of alkyl halides is 3. The Hall–Kier alpha value is -0.820. The zero-order valence-electron chi connectivity index (χ0n) is 8.18. The van der Waals surface area contributed by atoms with E-state index in [4.69, 9.17) is 5.73 Å². The number of hydrogen-bond donors (Lipinski definition) is 2. The largest absolute Gasteiger partial charge is 0.471 e. The summed E-state index contributed by atoms with van der Waals surface area (Å²) >= 11 is 0. The number of rotatable bonds is 3. The highest BCUT2D eigenvalue weighted by molar-refractivity contribution is 5.82. The van der Waals surface area contributed by atoms with E-state index >= 15 is 0 Å². The number of carbonyl (C=O) groups is 1. The van der Waals surface area contributed by atoms with Gasteiger partial charge in [0.05, 0.1) is 0 Å². The van der Waals surface area contributed by atoms with E-state index in [-0.39, 0.29) is 19.1 Å². The van der Waals surface area contributed by atoms with Crippen molar-refractivity contribution in [3.05, 3.63) is 0 Å². The van der Waals surface area contributed by atoms with Gasteiger partial charge in [0.15, 0.2) is 0 Å². The van der Waals surface area contributed by atoms with Crippen LogP contribution in [0.25, 0.3) is 0 Å². The van der Waals surface area contributed by atoms with Crippen molar-refractivity contribution >= 4 is 5.91 Å². The van der Waals surface area contributed by atoms with Gasteiger partial charge >= 0.3 is 12.1 Å². The lowest BCUT2D eigenvalue weighted by atomic mass is 10.2. The fraction of sp³-hybridized carbons (Fsp3) is 0.875. The van der Waals surface area contributed by atoms with Gasteiger partial charge in [-0.25, -0.2) is 0 Å². The highest BCUT2D eigenvalue weighted by Gasteiger charge is 2.44. The molecule has 4 nitrogen and oxygen atoms in total. The van der Waals surface area contributed by atoms with Gasteiger partial charge in [0, 0.05) is 32.2 Å². The van der Waals surface area contributed by atoms with Crippen LogP contribution in [0.2, 0.25) is 0 Å². The SMILES string of the molecule is NCCNC1CCN(C(=O)C(F)(F)F)C1. The van der Waals surface area contributed by atoms with Gasteiger partial charge in [0.25, 0.3) is 0 Å². The molecule has 7 heteroatoms. The molecule has 0 spiro atoms. The van der Waals surface area contributed by atoms with Gasteiger partial charge in [-0.15, -0.1) is 0 Å². The van der Waals surface area contributed by atoms with Gasteiger partial charge in [-0.2, -0.15) is 13.2 Å². The van der Waals surface area contributed by atoms with Crippen LogP contribution in [0.5, 0.6) is 0 Å². The van der Waals surface area contributed by atoms with E-state index in [1.807, 2.05) is 0 Å². The zero-order valence-corrected chi connectivity index (χ0v) is 8.18. The Morgan fingerprint density at radius 2 is 2.20 bits per heavy atom. The molecular formula is C8H14F3N3O. The van der Waals surface area contributed by atoms with Crippen LogP contribution in [-0.4, -0.2) is 49.2 Å². The topological polar surface area (TPSA) is 58.4 Å². The maximum absolute atomic E-state index is 12.0. The second-order valence-electron chi connectivity index (χ2n) is 3.48. The van der Waals surface area contributed by atoms with Crippen molar-refractivity contribution in [2.75, 3.05) is 26.2 Å². The Balaban J connectivity index is 2.39. The first-order valence-electron chi connectivity index (χ1n) is 4.74. The molecule has 1 fully saturated rings. The highest BCUT2D eigenvalue weighted by atomic mass is 19.4. The van der Waals surface area contributed by atoms with Crippen molar-refractivity contribution in [3.8, 4) is 0 Å². The number of nitrogens with one attached hydrogen (secondary N) is 1. The predicted octanol–water partition coefficient (Wildman–Crippen LogP) is -0.302.